The van der Waals surface area contributed by atoms with Crippen LogP contribution in [0.5, 0.6) is 17.2 Å². The van der Waals surface area contributed by atoms with Crippen LogP contribution in [0.4, 0.5) is 0 Å². The summed E-state index contributed by atoms with van der Waals surface area (Å²) in [5.41, 5.74) is 0.853. The molecule has 0 aromatic heterocycles. The highest BCUT2D eigenvalue weighted by Crippen LogP contribution is 2.38. The molecule has 1 aliphatic rings. The van der Waals surface area contributed by atoms with Crippen LogP contribution in [0.2, 0.25) is 0 Å². The molecule has 0 bridgehead atoms. The predicted molar refractivity (Wildman–Crippen MR) is 80.6 cm³/mol. The highest BCUT2D eigenvalue weighted by molar-refractivity contribution is 5.81. The quantitative estimate of drug-likeness (QED) is 0.788. The standard InChI is InChI=1S/C15H22N2O5/c1-19-11-6-10(7-12(20-2)14(11)21-3)8-17-15(18)13-9-16-4-5-22-13/h6-7,13,16H,4-5,8-9H2,1-3H3,(H,17,18). The molecule has 0 radical (unpaired) electrons. The largest absolute Gasteiger partial charge is 0.493 e. The van der Waals surface area contributed by atoms with E-state index in [-0.39, 0.29) is 5.91 Å². The Kier molecular flexibility index (Phi) is 5.85. The molecule has 0 saturated carbocycles. The molecule has 2 N–H and O–H groups in total. The lowest BCUT2D eigenvalue weighted by atomic mass is 10.1. The van der Waals surface area contributed by atoms with E-state index in [9.17, 15) is 4.79 Å². The summed E-state index contributed by atoms with van der Waals surface area (Å²) >= 11 is 0. The van der Waals surface area contributed by atoms with Gasteiger partial charge >= 0.3 is 0 Å². The van der Waals surface area contributed by atoms with Crippen molar-refractivity contribution in [1.82, 2.24) is 10.6 Å². The lowest BCUT2D eigenvalue weighted by molar-refractivity contribution is -0.134. The molecule has 1 heterocycles. The third-order valence-electron chi connectivity index (χ3n) is 3.41. The van der Waals surface area contributed by atoms with Crippen LogP contribution in [-0.2, 0) is 16.1 Å². The summed E-state index contributed by atoms with van der Waals surface area (Å²) in [7, 11) is 4.66. The van der Waals surface area contributed by atoms with Gasteiger partial charge in [-0.2, -0.15) is 0 Å². The van der Waals surface area contributed by atoms with Gasteiger partial charge in [-0.05, 0) is 17.7 Å². The molecule has 22 heavy (non-hydrogen) atoms. The van der Waals surface area contributed by atoms with Gasteiger partial charge in [-0.15, -0.1) is 0 Å². The van der Waals surface area contributed by atoms with Crippen LogP contribution in [0.1, 0.15) is 5.56 Å². The molecule has 1 saturated heterocycles. The number of ether oxygens (including phenoxy) is 4. The van der Waals surface area contributed by atoms with Crippen molar-refractivity contribution >= 4 is 5.91 Å². The predicted octanol–water partition coefficient (Wildman–Crippen LogP) is 0.317. The second-order valence-electron chi connectivity index (χ2n) is 4.81. The zero-order valence-electron chi connectivity index (χ0n) is 13.1. The monoisotopic (exact) mass is 310 g/mol. The van der Waals surface area contributed by atoms with Crippen molar-refractivity contribution < 1.29 is 23.7 Å². The molecule has 0 spiro atoms. The van der Waals surface area contributed by atoms with Crippen LogP contribution >= 0.6 is 0 Å². The first-order chi connectivity index (χ1) is 10.7. The fourth-order valence-electron chi connectivity index (χ4n) is 2.27. The van der Waals surface area contributed by atoms with Gasteiger partial charge in [0.05, 0.1) is 27.9 Å². The molecule has 7 heteroatoms. The Morgan fingerprint density at radius 1 is 1.27 bits per heavy atom. The number of nitrogens with one attached hydrogen (secondary N) is 2. The lowest BCUT2D eigenvalue weighted by Crippen LogP contribution is -2.47. The number of rotatable bonds is 6. The highest BCUT2D eigenvalue weighted by Gasteiger charge is 2.21. The minimum atomic E-state index is -0.448. The zero-order chi connectivity index (χ0) is 15.9. The number of morpholine rings is 1. The van der Waals surface area contributed by atoms with E-state index in [1.165, 1.54) is 0 Å². The minimum absolute atomic E-state index is 0.138. The van der Waals surface area contributed by atoms with Crippen molar-refractivity contribution in [3.8, 4) is 17.2 Å². The van der Waals surface area contributed by atoms with E-state index in [0.717, 1.165) is 12.1 Å². The fraction of sp³-hybridized carbons (Fsp3) is 0.533. The molecule has 1 aromatic carbocycles. The van der Waals surface area contributed by atoms with Crippen LogP contribution < -0.4 is 24.8 Å². The van der Waals surface area contributed by atoms with Crippen molar-refractivity contribution in [3.05, 3.63) is 17.7 Å². The van der Waals surface area contributed by atoms with Gasteiger partial charge in [0.2, 0.25) is 5.75 Å². The van der Waals surface area contributed by atoms with Crippen molar-refractivity contribution in [2.45, 2.75) is 12.6 Å². The van der Waals surface area contributed by atoms with Gasteiger partial charge in [-0.25, -0.2) is 0 Å². The SMILES string of the molecule is COc1cc(CNC(=O)C2CNCCO2)cc(OC)c1OC. The van der Waals surface area contributed by atoms with Crippen LogP contribution in [0.25, 0.3) is 0 Å². The Morgan fingerprint density at radius 2 is 1.95 bits per heavy atom. The molecule has 2 rings (SSSR count). The average molecular weight is 310 g/mol. The molecule has 7 nitrogen and oxygen atoms in total. The molecule has 1 amide bonds. The lowest BCUT2D eigenvalue weighted by Gasteiger charge is -2.22. The van der Waals surface area contributed by atoms with Crippen molar-refractivity contribution in [2.75, 3.05) is 41.0 Å². The number of hydrogen-bond acceptors (Lipinski definition) is 6. The first-order valence-corrected chi connectivity index (χ1v) is 7.08. The number of carbonyl (C=O) groups is 1. The van der Waals surface area contributed by atoms with Gasteiger partial charge in [0.1, 0.15) is 6.10 Å². The van der Waals surface area contributed by atoms with Crippen LogP contribution in [0, 0.1) is 0 Å². The Labute approximate surface area is 129 Å². The van der Waals surface area contributed by atoms with Gasteiger partial charge in [0.25, 0.3) is 5.91 Å². The van der Waals surface area contributed by atoms with Gasteiger partial charge in [-0.1, -0.05) is 0 Å². The van der Waals surface area contributed by atoms with Gasteiger partial charge in [0.15, 0.2) is 11.5 Å². The van der Waals surface area contributed by atoms with E-state index in [0.29, 0.717) is 36.9 Å². The fourth-order valence-corrected chi connectivity index (χ4v) is 2.27. The van der Waals surface area contributed by atoms with Gasteiger partial charge < -0.3 is 29.6 Å². The molecule has 122 valence electrons. The molecule has 1 fully saturated rings. The summed E-state index contributed by atoms with van der Waals surface area (Å²) in [5, 5.41) is 5.98. The first kappa shape index (κ1) is 16.4. The molecule has 1 unspecified atom stereocenters. The highest BCUT2D eigenvalue weighted by atomic mass is 16.5. The van der Waals surface area contributed by atoms with Crippen molar-refractivity contribution in [3.63, 3.8) is 0 Å². The number of benzene rings is 1. The van der Waals surface area contributed by atoms with Crippen molar-refractivity contribution in [2.24, 2.45) is 0 Å². The number of carbonyl (C=O) groups excluding carboxylic acids is 1. The second-order valence-corrected chi connectivity index (χ2v) is 4.81. The van der Waals surface area contributed by atoms with Gasteiger partial charge in [0, 0.05) is 19.6 Å². The summed E-state index contributed by atoms with van der Waals surface area (Å²) in [6.07, 6.45) is -0.448. The van der Waals surface area contributed by atoms with E-state index >= 15 is 0 Å². The topological polar surface area (TPSA) is 78.1 Å². The van der Waals surface area contributed by atoms with Crippen molar-refractivity contribution in [1.29, 1.82) is 0 Å². The summed E-state index contributed by atoms with van der Waals surface area (Å²) in [5.74, 6) is 1.50. The maximum Gasteiger partial charge on any atom is 0.250 e. The molecule has 1 atom stereocenters. The Bertz CT molecular complexity index is 490. The maximum atomic E-state index is 12.0. The molecule has 1 aliphatic heterocycles. The first-order valence-electron chi connectivity index (χ1n) is 7.08. The van der Waals surface area contributed by atoms with Gasteiger partial charge in [-0.3, -0.25) is 4.79 Å². The summed E-state index contributed by atoms with van der Waals surface area (Å²) in [6.45, 7) is 2.20. The Balaban J connectivity index is 2.04. The summed E-state index contributed by atoms with van der Waals surface area (Å²) in [6, 6.07) is 3.61. The molecular weight excluding hydrogens is 288 g/mol. The second kappa shape index (κ2) is 7.86. The number of amides is 1. The third-order valence-corrected chi connectivity index (χ3v) is 3.41. The van der Waals surface area contributed by atoms with Crippen LogP contribution in [0.15, 0.2) is 12.1 Å². The van der Waals surface area contributed by atoms with E-state index < -0.39 is 6.10 Å². The molecule has 1 aromatic rings. The Hall–Kier alpha value is -1.99. The zero-order valence-corrected chi connectivity index (χ0v) is 13.1. The number of hydrogen-bond donors (Lipinski definition) is 2. The third kappa shape index (κ3) is 3.80. The molecular formula is C15H22N2O5. The van der Waals surface area contributed by atoms with Crippen LogP contribution in [0.3, 0.4) is 0 Å². The van der Waals surface area contributed by atoms with Crippen LogP contribution in [-0.4, -0.2) is 53.0 Å². The smallest absolute Gasteiger partial charge is 0.250 e. The van der Waals surface area contributed by atoms with E-state index in [4.69, 9.17) is 18.9 Å². The summed E-state index contributed by atoms with van der Waals surface area (Å²) in [4.78, 5) is 12.0. The minimum Gasteiger partial charge on any atom is -0.493 e. The number of methoxy groups -OCH3 is 3. The van der Waals surface area contributed by atoms with E-state index in [1.54, 1.807) is 21.3 Å². The normalized spacial score (nSPS) is 17.7. The van der Waals surface area contributed by atoms with E-state index in [1.807, 2.05) is 12.1 Å². The maximum absolute atomic E-state index is 12.0. The average Bonchev–Trinajstić information content (AvgIpc) is 2.59. The Morgan fingerprint density at radius 3 is 2.45 bits per heavy atom. The summed E-state index contributed by atoms with van der Waals surface area (Å²) < 4.78 is 21.3. The van der Waals surface area contributed by atoms with E-state index in [2.05, 4.69) is 10.6 Å². The molecule has 0 aliphatic carbocycles.